The van der Waals surface area contributed by atoms with Gasteiger partial charge in [0.05, 0.1) is 5.60 Å². The molecule has 0 saturated heterocycles. The van der Waals surface area contributed by atoms with Gasteiger partial charge in [0.15, 0.2) is 0 Å². The zero-order chi connectivity index (χ0) is 13.4. The first-order valence-corrected chi connectivity index (χ1v) is 6.69. The van der Waals surface area contributed by atoms with Crippen LogP contribution < -0.4 is 5.32 Å². The Morgan fingerprint density at radius 2 is 1.94 bits per heavy atom. The fraction of sp³-hybridized carbons (Fsp3) is 0.600. The van der Waals surface area contributed by atoms with Crippen molar-refractivity contribution in [3.05, 3.63) is 35.9 Å². The number of rotatable bonds is 8. The van der Waals surface area contributed by atoms with E-state index in [2.05, 4.69) is 12.2 Å². The van der Waals surface area contributed by atoms with Crippen LogP contribution in [-0.2, 0) is 5.60 Å². The van der Waals surface area contributed by atoms with Crippen LogP contribution in [0, 0.1) is 5.92 Å². The number of hydrogen-bond donors (Lipinski definition) is 3. The lowest BCUT2D eigenvalue weighted by atomic mass is 9.95. The molecular formula is C15H25NO2. The minimum atomic E-state index is -0.848. The predicted octanol–water partition coefficient (Wildman–Crippen LogP) is 1.89. The van der Waals surface area contributed by atoms with E-state index in [1.807, 2.05) is 37.3 Å². The zero-order valence-corrected chi connectivity index (χ0v) is 11.4. The Hall–Kier alpha value is -0.900. The van der Waals surface area contributed by atoms with Crippen molar-refractivity contribution < 1.29 is 10.2 Å². The van der Waals surface area contributed by atoms with E-state index in [1.165, 1.54) is 0 Å². The van der Waals surface area contributed by atoms with Gasteiger partial charge in [-0.2, -0.15) is 0 Å². The second kappa shape index (κ2) is 7.52. The smallest absolute Gasteiger partial charge is 0.0992 e. The maximum atomic E-state index is 10.4. The Balaban J connectivity index is 2.42. The number of nitrogens with one attached hydrogen (secondary N) is 1. The molecule has 18 heavy (non-hydrogen) atoms. The first-order chi connectivity index (χ1) is 8.60. The summed E-state index contributed by atoms with van der Waals surface area (Å²) in [6.07, 6.45) is 1.86. The molecule has 0 heterocycles. The molecule has 0 spiro atoms. The molecule has 3 heteroatoms. The second-order valence-corrected chi connectivity index (χ2v) is 5.06. The molecule has 0 saturated carbocycles. The molecule has 0 aromatic heterocycles. The quantitative estimate of drug-likeness (QED) is 0.661. The van der Waals surface area contributed by atoms with Crippen LogP contribution in [0.1, 0.15) is 32.3 Å². The van der Waals surface area contributed by atoms with Gasteiger partial charge in [-0.15, -0.1) is 0 Å². The normalized spacial score (nSPS) is 16.2. The number of hydrogen-bond acceptors (Lipinski definition) is 3. The van der Waals surface area contributed by atoms with E-state index in [4.69, 9.17) is 5.11 Å². The van der Waals surface area contributed by atoms with Crippen LogP contribution in [0.25, 0.3) is 0 Å². The molecule has 0 bridgehead atoms. The molecular weight excluding hydrogens is 226 g/mol. The van der Waals surface area contributed by atoms with Crippen LogP contribution in [0.2, 0.25) is 0 Å². The topological polar surface area (TPSA) is 52.5 Å². The SMILES string of the molecule is CCC(CCO)CNCC(C)(O)c1ccccc1. The summed E-state index contributed by atoms with van der Waals surface area (Å²) < 4.78 is 0. The molecule has 2 atom stereocenters. The third-order valence-corrected chi connectivity index (χ3v) is 3.41. The Kier molecular flexibility index (Phi) is 6.33. The Morgan fingerprint density at radius 1 is 1.28 bits per heavy atom. The molecule has 0 amide bonds. The zero-order valence-electron chi connectivity index (χ0n) is 11.4. The number of aliphatic hydroxyl groups is 2. The van der Waals surface area contributed by atoms with E-state index in [9.17, 15) is 5.11 Å². The highest BCUT2D eigenvalue weighted by Gasteiger charge is 2.22. The molecule has 1 aromatic carbocycles. The first-order valence-electron chi connectivity index (χ1n) is 6.69. The summed E-state index contributed by atoms with van der Waals surface area (Å²) in [6, 6.07) is 9.69. The van der Waals surface area contributed by atoms with Gasteiger partial charge in [0.2, 0.25) is 0 Å². The van der Waals surface area contributed by atoms with Crippen LogP contribution in [0.15, 0.2) is 30.3 Å². The molecule has 102 valence electrons. The summed E-state index contributed by atoms with van der Waals surface area (Å²) in [5, 5.41) is 22.6. The van der Waals surface area contributed by atoms with Crippen molar-refractivity contribution in [2.75, 3.05) is 19.7 Å². The molecule has 0 aliphatic rings. The van der Waals surface area contributed by atoms with Gasteiger partial charge in [-0.3, -0.25) is 0 Å². The third kappa shape index (κ3) is 4.77. The lowest BCUT2D eigenvalue weighted by molar-refractivity contribution is 0.0556. The van der Waals surface area contributed by atoms with E-state index in [0.29, 0.717) is 12.5 Å². The molecule has 2 unspecified atom stereocenters. The summed E-state index contributed by atoms with van der Waals surface area (Å²) in [7, 11) is 0. The predicted molar refractivity (Wildman–Crippen MR) is 74.4 cm³/mol. The van der Waals surface area contributed by atoms with Gasteiger partial charge in [-0.1, -0.05) is 43.7 Å². The Labute approximate surface area is 110 Å². The molecule has 1 rings (SSSR count). The molecule has 0 fully saturated rings. The average molecular weight is 251 g/mol. The van der Waals surface area contributed by atoms with Crippen LogP contribution in [0.4, 0.5) is 0 Å². The van der Waals surface area contributed by atoms with Gasteiger partial charge in [-0.05, 0) is 31.4 Å². The summed E-state index contributed by atoms with van der Waals surface area (Å²) in [6.45, 7) is 5.54. The summed E-state index contributed by atoms with van der Waals surface area (Å²) in [4.78, 5) is 0. The fourth-order valence-corrected chi connectivity index (χ4v) is 2.05. The highest BCUT2D eigenvalue weighted by molar-refractivity contribution is 5.21. The van der Waals surface area contributed by atoms with Crippen molar-refractivity contribution in [1.82, 2.24) is 5.32 Å². The fourth-order valence-electron chi connectivity index (χ4n) is 2.05. The highest BCUT2D eigenvalue weighted by Crippen LogP contribution is 2.19. The van der Waals surface area contributed by atoms with Crippen LogP contribution >= 0.6 is 0 Å². The van der Waals surface area contributed by atoms with Crippen molar-refractivity contribution in [2.24, 2.45) is 5.92 Å². The van der Waals surface area contributed by atoms with Crippen LogP contribution in [0.5, 0.6) is 0 Å². The monoisotopic (exact) mass is 251 g/mol. The van der Waals surface area contributed by atoms with Gasteiger partial charge in [0.25, 0.3) is 0 Å². The largest absolute Gasteiger partial charge is 0.396 e. The Bertz CT molecular complexity index is 325. The van der Waals surface area contributed by atoms with Crippen molar-refractivity contribution in [3.63, 3.8) is 0 Å². The van der Waals surface area contributed by atoms with Crippen molar-refractivity contribution in [1.29, 1.82) is 0 Å². The molecule has 1 aromatic rings. The van der Waals surface area contributed by atoms with E-state index < -0.39 is 5.60 Å². The molecule has 3 nitrogen and oxygen atoms in total. The standard InChI is InChI=1S/C15H25NO2/c1-3-13(9-10-17)11-16-12-15(2,18)14-7-5-4-6-8-14/h4-8,13,16-18H,3,9-12H2,1-2H3. The number of aliphatic hydroxyl groups excluding tert-OH is 1. The van der Waals surface area contributed by atoms with E-state index in [-0.39, 0.29) is 6.61 Å². The summed E-state index contributed by atoms with van der Waals surface area (Å²) in [5.41, 5.74) is 0.0754. The Morgan fingerprint density at radius 3 is 2.50 bits per heavy atom. The van der Waals surface area contributed by atoms with Gasteiger partial charge < -0.3 is 15.5 Å². The summed E-state index contributed by atoms with van der Waals surface area (Å²) in [5.74, 6) is 0.474. The maximum Gasteiger partial charge on any atom is 0.0992 e. The van der Waals surface area contributed by atoms with E-state index in [1.54, 1.807) is 0 Å². The lowest BCUT2D eigenvalue weighted by Crippen LogP contribution is -2.37. The molecule has 3 N–H and O–H groups in total. The van der Waals surface area contributed by atoms with Gasteiger partial charge in [0, 0.05) is 13.2 Å². The molecule has 0 radical (unpaired) electrons. The summed E-state index contributed by atoms with van der Waals surface area (Å²) >= 11 is 0. The van der Waals surface area contributed by atoms with Crippen LogP contribution in [-0.4, -0.2) is 29.9 Å². The average Bonchev–Trinajstić information content (AvgIpc) is 2.38. The minimum absolute atomic E-state index is 0.231. The van der Waals surface area contributed by atoms with Crippen molar-refractivity contribution >= 4 is 0 Å². The van der Waals surface area contributed by atoms with Crippen molar-refractivity contribution in [2.45, 2.75) is 32.3 Å². The van der Waals surface area contributed by atoms with E-state index in [0.717, 1.165) is 24.9 Å². The maximum absolute atomic E-state index is 10.4. The molecule has 0 aliphatic carbocycles. The van der Waals surface area contributed by atoms with Gasteiger partial charge in [0.1, 0.15) is 0 Å². The first kappa shape index (κ1) is 15.2. The van der Waals surface area contributed by atoms with Crippen LogP contribution in [0.3, 0.4) is 0 Å². The van der Waals surface area contributed by atoms with Gasteiger partial charge in [-0.25, -0.2) is 0 Å². The second-order valence-electron chi connectivity index (χ2n) is 5.06. The minimum Gasteiger partial charge on any atom is -0.396 e. The van der Waals surface area contributed by atoms with E-state index >= 15 is 0 Å². The molecule has 0 aliphatic heterocycles. The third-order valence-electron chi connectivity index (χ3n) is 3.41. The van der Waals surface area contributed by atoms with Gasteiger partial charge >= 0.3 is 0 Å². The number of benzene rings is 1. The van der Waals surface area contributed by atoms with Crippen molar-refractivity contribution in [3.8, 4) is 0 Å². The highest BCUT2D eigenvalue weighted by atomic mass is 16.3. The lowest BCUT2D eigenvalue weighted by Gasteiger charge is -2.25.